The van der Waals surface area contributed by atoms with Crippen molar-refractivity contribution in [3.63, 3.8) is 0 Å². The molecule has 0 radical (unpaired) electrons. The summed E-state index contributed by atoms with van der Waals surface area (Å²) in [6, 6.07) is 14.2. The number of rotatable bonds is 11. The van der Waals surface area contributed by atoms with Gasteiger partial charge in [0.25, 0.3) is 11.5 Å². The molecule has 0 saturated carbocycles. The van der Waals surface area contributed by atoms with Crippen molar-refractivity contribution >= 4 is 29.8 Å². The first-order chi connectivity index (χ1) is 24.6. The maximum absolute atomic E-state index is 14.6. The van der Waals surface area contributed by atoms with Gasteiger partial charge in [0.05, 0.1) is 13.0 Å². The number of pyridine rings is 1. The molecule has 2 heterocycles. The number of nitrogens with zero attached hydrogens (tertiary/aromatic N) is 1. The SMILES string of the molecule is COc1ccnc(C(=O)NC2COC(=O)[C@H](Cc3ccccc3)C(OC(=O)C(C)C)[C@H](C)OC2=O)c1OC(=O)C(OC)(c1ccccc1)C(F)(F)F. The number of hydrogen-bond donors (Lipinski definition) is 1. The monoisotopic (exact) mass is 730 g/mol. The molecule has 0 aliphatic carbocycles. The van der Waals surface area contributed by atoms with Gasteiger partial charge in [0.15, 0.2) is 23.6 Å². The van der Waals surface area contributed by atoms with E-state index in [9.17, 15) is 37.1 Å². The van der Waals surface area contributed by atoms with Crippen LogP contribution in [0.25, 0.3) is 0 Å². The molecule has 2 aromatic carbocycles. The van der Waals surface area contributed by atoms with Gasteiger partial charge in [0.1, 0.15) is 18.6 Å². The highest BCUT2D eigenvalue weighted by Gasteiger charge is 2.64. The first kappa shape index (κ1) is 39.3. The lowest BCUT2D eigenvalue weighted by atomic mass is 9.91. The lowest BCUT2D eigenvalue weighted by molar-refractivity contribution is -0.272. The molecule has 52 heavy (non-hydrogen) atoms. The van der Waals surface area contributed by atoms with E-state index in [1.54, 1.807) is 44.2 Å². The van der Waals surface area contributed by atoms with Gasteiger partial charge in [-0.05, 0) is 18.9 Å². The quantitative estimate of drug-likeness (QED) is 0.222. The van der Waals surface area contributed by atoms with Crippen molar-refractivity contribution in [2.75, 3.05) is 20.8 Å². The summed E-state index contributed by atoms with van der Waals surface area (Å²) >= 11 is 0. The molecule has 1 amide bonds. The molecule has 278 valence electrons. The van der Waals surface area contributed by atoms with E-state index in [4.69, 9.17) is 28.4 Å². The predicted molar refractivity (Wildman–Crippen MR) is 174 cm³/mol. The summed E-state index contributed by atoms with van der Waals surface area (Å²) in [5, 5.41) is 2.28. The first-order valence-electron chi connectivity index (χ1n) is 16.0. The first-order valence-corrected chi connectivity index (χ1v) is 16.0. The Morgan fingerprint density at radius 1 is 0.962 bits per heavy atom. The van der Waals surface area contributed by atoms with Crippen molar-refractivity contribution in [1.82, 2.24) is 10.3 Å². The number of methoxy groups -OCH3 is 2. The van der Waals surface area contributed by atoms with Gasteiger partial charge < -0.3 is 33.7 Å². The normalized spacial score (nSPS) is 20.6. The molecular weight excluding hydrogens is 693 g/mol. The second-order valence-electron chi connectivity index (χ2n) is 12.0. The Morgan fingerprint density at radius 2 is 1.60 bits per heavy atom. The van der Waals surface area contributed by atoms with Gasteiger partial charge in [-0.2, -0.15) is 13.2 Å². The highest BCUT2D eigenvalue weighted by atomic mass is 19.4. The van der Waals surface area contributed by atoms with Crippen LogP contribution in [-0.4, -0.2) is 80.0 Å². The highest BCUT2D eigenvalue weighted by molar-refractivity contribution is 5.99. The number of carbonyl (C=O) groups is 5. The van der Waals surface area contributed by atoms with Crippen LogP contribution in [0, 0.1) is 11.8 Å². The van der Waals surface area contributed by atoms with E-state index in [1.165, 1.54) is 25.1 Å². The molecule has 1 fully saturated rings. The number of nitrogens with one attached hydrogen (secondary N) is 1. The van der Waals surface area contributed by atoms with Crippen molar-refractivity contribution in [3.8, 4) is 11.5 Å². The van der Waals surface area contributed by atoms with E-state index in [0.717, 1.165) is 31.5 Å². The number of amides is 1. The Morgan fingerprint density at radius 3 is 2.17 bits per heavy atom. The molecule has 1 aliphatic heterocycles. The van der Waals surface area contributed by atoms with Crippen molar-refractivity contribution in [3.05, 3.63) is 89.7 Å². The van der Waals surface area contributed by atoms with Gasteiger partial charge >= 0.3 is 30.1 Å². The van der Waals surface area contributed by atoms with E-state index in [-0.39, 0.29) is 12.2 Å². The Labute approximate surface area is 296 Å². The number of esters is 4. The fourth-order valence-corrected chi connectivity index (χ4v) is 5.38. The second-order valence-corrected chi connectivity index (χ2v) is 12.0. The van der Waals surface area contributed by atoms with Crippen LogP contribution in [0.5, 0.6) is 11.5 Å². The Kier molecular flexibility index (Phi) is 12.6. The molecule has 1 saturated heterocycles. The number of cyclic esters (lactones) is 2. The number of benzene rings is 2. The lowest BCUT2D eigenvalue weighted by Gasteiger charge is -2.32. The van der Waals surface area contributed by atoms with E-state index < -0.39 is 95.3 Å². The molecule has 1 aliphatic rings. The number of ether oxygens (including phenoxy) is 6. The number of hydrogen-bond acceptors (Lipinski definition) is 12. The van der Waals surface area contributed by atoms with Crippen LogP contribution in [0.1, 0.15) is 42.4 Å². The Hall–Kier alpha value is -5.51. The van der Waals surface area contributed by atoms with Gasteiger partial charge in [-0.25, -0.2) is 14.6 Å². The highest BCUT2D eigenvalue weighted by Crippen LogP contribution is 2.44. The standard InChI is InChI=1S/C36H37F3N2O11/c1-20(2)31(43)51-28-21(3)50-33(45)25(19-49-32(44)24(28)18-22-12-8-6-9-13-22)41-30(42)27-29(26(47-4)16-17-40-27)52-34(46)35(48-5,36(37,38)39)23-14-10-7-11-15-23/h6-17,20-21,24-25,28H,18-19H2,1-5H3,(H,41,42)/t21-,24+,25?,28?,35?/m0/s1. The van der Waals surface area contributed by atoms with Gasteiger partial charge in [-0.15, -0.1) is 0 Å². The minimum absolute atomic E-state index is 0.0426. The van der Waals surface area contributed by atoms with Crippen molar-refractivity contribution in [1.29, 1.82) is 0 Å². The topological polar surface area (TPSA) is 166 Å². The maximum Gasteiger partial charge on any atom is 0.432 e. The minimum atomic E-state index is -5.35. The number of halogens is 3. The van der Waals surface area contributed by atoms with E-state index in [2.05, 4.69) is 10.3 Å². The fraction of sp³-hybridized carbons (Fsp3) is 0.389. The van der Waals surface area contributed by atoms with Crippen LogP contribution in [0.2, 0.25) is 0 Å². The zero-order valence-corrected chi connectivity index (χ0v) is 28.8. The molecule has 3 unspecified atom stereocenters. The molecule has 13 nitrogen and oxygen atoms in total. The number of carbonyl (C=O) groups excluding carboxylic acids is 5. The van der Waals surface area contributed by atoms with E-state index >= 15 is 0 Å². The third kappa shape index (κ3) is 8.50. The van der Waals surface area contributed by atoms with Crippen LogP contribution >= 0.6 is 0 Å². The molecule has 3 aromatic rings. The zero-order chi connectivity index (χ0) is 38.2. The summed E-state index contributed by atoms with van der Waals surface area (Å²) in [6.45, 7) is 3.81. The minimum Gasteiger partial charge on any atom is -0.493 e. The van der Waals surface area contributed by atoms with Crippen LogP contribution in [0.3, 0.4) is 0 Å². The molecule has 5 atom stereocenters. The Bertz CT molecular complexity index is 1760. The van der Waals surface area contributed by atoms with E-state index in [1.807, 2.05) is 0 Å². The average molecular weight is 731 g/mol. The average Bonchev–Trinajstić information content (AvgIpc) is 3.14. The lowest BCUT2D eigenvalue weighted by Crippen LogP contribution is -2.53. The summed E-state index contributed by atoms with van der Waals surface area (Å²) in [5.74, 6) is -8.79. The van der Waals surface area contributed by atoms with Crippen LogP contribution in [0.15, 0.2) is 72.9 Å². The fourth-order valence-electron chi connectivity index (χ4n) is 5.38. The molecule has 0 bridgehead atoms. The van der Waals surface area contributed by atoms with Crippen molar-refractivity contribution in [2.24, 2.45) is 11.8 Å². The Balaban J connectivity index is 1.66. The molecule has 16 heteroatoms. The zero-order valence-electron chi connectivity index (χ0n) is 28.8. The van der Waals surface area contributed by atoms with Gasteiger partial charge in [-0.3, -0.25) is 14.4 Å². The third-order valence-electron chi connectivity index (χ3n) is 8.14. The molecule has 4 rings (SSSR count). The summed E-state index contributed by atoms with van der Waals surface area (Å²) < 4.78 is 75.6. The third-order valence-corrected chi connectivity index (χ3v) is 8.14. The number of alkyl halides is 3. The van der Waals surface area contributed by atoms with Gasteiger partial charge in [-0.1, -0.05) is 74.5 Å². The summed E-state index contributed by atoms with van der Waals surface area (Å²) in [6.07, 6.45) is -6.77. The second kappa shape index (κ2) is 16.7. The molecular formula is C36H37F3N2O11. The van der Waals surface area contributed by atoms with Crippen molar-refractivity contribution < 1.29 is 65.6 Å². The predicted octanol–water partition coefficient (Wildman–Crippen LogP) is 4.11. The molecule has 1 aromatic heterocycles. The summed E-state index contributed by atoms with van der Waals surface area (Å²) in [4.78, 5) is 70.6. The smallest absolute Gasteiger partial charge is 0.432 e. The van der Waals surface area contributed by atoms with Crippen molar-refractivity contribution in [2.45, 2.75) is 57.2 Å². The van der Waals surface area contributed by atoms with Crippen LogP contribution in [-0.2, 0) is 50.1 Å². The maximum atomic E-state index is 14.6. The molecule has 0 spiro atoms. The summed E-state index contributed by atoms with van der Waals surface area (Å²) in [7, 11) is 1.77. The van der Waals surface area contributed by atoms with Gasteiger partial charge in [0, 0.05) is 24.9 Å². The largest absolute Gasteiger partial charge is 0.493 e. The van der Waals surface area contributed by atoms with Crippen LogP contribution < -0.4 is 14.8 Å². The van der Waals surface area contributed by atoms with E-state index in [0.29, 0.717) is 12.7 Å². The molecule has 1 N–H and O–H groups in total. The van der Waals surface area contributed by atoms with Crippen LogP contribution in [0.4, 0.5) is 13.2 Å². The summed E-state index contributed by atoms with van der Waals surface area (Å²) in [5.41, 5.74) is -4.33. The number of aromatic nitrogens is 1. The van der Waals surface area contributed by atoms with Gasteiger partial charge in [0.2, 0.25) is 5.75 Å².